The number of halogens is 1. The van der Waals surface area contributed by atoms with E-state index in [9.17, 15) is 0 Å². The molecule has 8 heteroatoms. The summed E-state index contributed by atoms with van der Waals surface area (Å²) >= 11 is 0. The molecule has 1 saturated heterocycles. The van der Waals surface area contributed by atoms with Gasteiger partial charge in [-0.15, -0.1) is 24.0 Å². The van der Waals surface area contributed by atoms with Gasteiger partial charge in [-0.3, -0.25) is 14.6 Å². The van der Waals surface area contributed by atoms with Gasteiger partial charge >= 0.3 is 0 Å². The summed E-state index contributed by atoms with van der Waals surface area (Å²) < 4.78 is 1.76. The van der Waals surface area contributed by atoms with E-state index in [0.29, 0.717) is 6.54 Å². The Hall–Kier alpha value is -1.68. The van der Waals surface area contributed by atoms with Gasteiger partial charge in [0.1, 0.15) is 12.2 Å². The van der Waals surface area contributed by atoms with Crippen LogP contribution in [0.5, 0.6) is 0 Å². The van der Waals surface area contributed by atoms with Crippen LogP contribution >= 0.6 is 24.0 Å². The summed E-state index contributed by atoms with van der Waals surface area (Å²) in [5.41, 5.74) is 2.64. The molecule has 1 fully saturated rings. The predicted molar refractivity (Wildman–Crippen MR) is 124 cm³/mol. The van der Waals surface area contributed by atoms with Crippen LogP contribution in [-0.2, 0) is 26.7 Å². The van der Waals surface area contributed by atoms with E-state index in [1.807, 2.05) is 7.05 Å². The molecule has 1 aromatic carbocycles. The first-order chi connectivity index (χ1) is 13.1. The van der Waals surface area contributed by atoms with Crippen molar-refractivity contribution in [1.82, 2.24) is 30.3 Å². The number of benzene rings is 1. The lowest BCUT2D eigenvalue weighted by molar-refractivity contribution is 0.185. The maximum absolute atomic E-state index is 4.28. The zero-order valence-electron chi connectivity index (χ0n) is 17.1. The number of nitrogens with one attached hydrogen (secondary N) is 2. The third-order valence-electron chi connectivity index (χ3n) is 5.18. The number of hydrogen-bond acceptors (Lipinski definition) is 4. The highest BCUT2D eigenvalue weighted by molar-refractivity contribution is 14.0. The van der Waals surface area contributed by atoms with Gasteiger partial charge in [0.2, 0.25) is 0 Å². The van der Waals surface area contributed by atoms with Crippen LogP contribution in [0.25, 0.3) is 0 Å². The van der Waals surface area contributed by atoms with Gasteiger partial charge in [0.05, 0.1) is 6.54 Å². The van der Waals surface area contributed by atoms with Crippen molar-refractivity contribution in [1.29, 1.82) is 0 Å². The fraction of sp³-hybridized carbons (Fsp3) is 0.550. The Kier molecular flexibility index (Phi) is 9.17. The number of aromatic nitrogens is 3. The lowest BCUT2D eigenvalue weighted by atomic mass is 9.98. The summed E-state index contributed by atoms with van der Waals surface area (Å²) in [6.07, 6.45) is 4.19. The molecule has 0 amide bonds. The van der Waals surface area contributed by atoms with E-state index in [1.54, 1.807) is 18.1 Å². The van der Waals surface area contributed by atoms with Crippen LogP contribution in [0.15, 0.2) is 35.6 Å². The van der Waals surface area contributed by atoms with Crippen molar-refractivity contribution in [2.75, 3.05) is 20.1 Å². The first-order valence-electron chi connectivity index (χ1n) is 9.71. The molecular formula is C20H32IN7. The molecular weight excluding hydrogens is 465 g/mol. The summed E-state index contributed by atoms with van der Waals surface area (Å²) in [7, 11) is 3.66. The van der Waals surface area contributed by atoms with Crippen molar-refractivity contribution in [3.63, 3.8) is 0 Å². The van der Waals surface area contributed by atoms with E-state index in [2.05, 4.69) is 61.8 Å². The van der Waals surface area contributed by atoms with E-state index in [1.165, 1.54) is 37.1 Å². The molecule has 2 N–H and O–H groups in total. The number of guanidine groups is 1. The van der Waals surface area contributed by atoms with Gasteiger partial charge in [-0.25, -0.2) is 4.98 Å². The van der Waals surface area contributed by atoms with E-state index >= 15 is 0 Å². The highest BCUT2D eigenvalue weighted by Crippen LogP contribution is 2.18. The second-order valence-electron chi connectivity index (χ2n) is 7.36. The average Bonchev–Trinajstić information content (AvgIpc) is 3.09. The minimum Gasteiger partial charge on any atom is -0.352 e. The maximum Gasteiger partial charge on any atom is 0.191 e. The molecule has 0 saturated carbocycles. The molecule has 0 spiro atoms. The Morgan fingerprint density at radius 1 is 1.18 bits per heavy atom. The minimum atomic E-state index is 0. The molecule has 2 aromatic rings. The van der Waals surface area contributed by atoms with Crippen LogP contribution in [0.4, 0.5) is 0 Å². The van der Waals surface area contributed by atoms with E-state index in [4.69, 9.17) is 0 Å². The molecule has 1 aliphatic rings. The van der Waals surface area contributed by atoms with Gasteiger partial charge in [-0.1, -0.05) is 31.2 Å². The Labute approximate surface area is 185 Å². The number of aryl methyl sites for hydroxylation is 1. The average molecular weight is 497 g/mol. The molecule has 7 nitrogen and oxygen atoms in total. The van der Waals surface area contributed by atoms with Crippen LogP contribution in [0.1, 0.15) is 36.7 Å². The van der Waals surface area contributed by atoms with Gasteiger partial charge in [0, 0.05) is 27.2 Å². The van der Waals surface area contributed by atoms with Gasteiger partial charge in [-0.05, 0) is 43.0 Å². The van der Waals surface area contributed by atoms with Crippen LogP contribution in [-0.4, -0.2) is 45.8 Å². The molecule has 1 aliphatic heterocycles. The Morgan fingerprint density at radius 2 is 1.89 bits per heavy atom. The van der Waals surface area contributed by atoms with Gasteiger partial charge in [0.25, 0.3) is 0 Å². The van der Waals surface area contributed by atoms with Crippen molar-refractivity contribution >= 4 is 29.9 Å². The van der Waals surface area contributed by atoms with Crippen molar-refractivity contribution in [2.24, 2.45) is 18.0 Å². The Morgan fingerprint density at radius 3 is 2.57 bits per heavy atom. The number of piperidine rings is 1. The zero-order chi connectivity index (χ0) is 19.1. The minimum absolute atomic E-state index is 0. The Bertz CT molecular complexity index is 751. The maximum atomic E-state index is 4.28. The van der Waals surface area contributed by atoms with Crippen molar-refractivity contribution < 1.29 is 0 Å². The second-order valence-corrected chi connectivity index (χ2v) is 7.36. The molecule has 0 aliphatic carbocycles. The molecule has 3 rings (SSSR count). The quantitative estimate of drug-likeness (QED) is 0.365. The third-order valence-corrected chi connectivity index (χ3v) is 5.18. The van der Waals surface area contributed by atoms with Crippen LogP contribution < -0.4 is 10.6 Å². The smallest absolute Gasteiger partial charge is 0.191 e. The summed E-state index contributed by atoms with van der Waals surface area (Å²) in [4.78, 5) is 11.1. The van der Waals surface area contributed by atoms with E-state index < -0.39 is 0 Å². The zero-order valence-corrected chi connectivity index (χ0v) is 19.4. The molecule has 2 heterocycles. The van der Waals surface area contributed by atoms with Crippen LogP contribution in [0, 0.1) is 5.92 Å². The normalized spacial score (nSPS) is 15.9. The highest BCUT2D eigenvalue weighted by Gasteiger charge is 2.15. The third kappa shape index (κ3) is 6.73. The number of aliphatic imine (C=N–C) groups is 1. The fourth-order valence-electron chi connectivity index (χ4n) is 3.37. The molecule has 28 heavy (non-hydrogen) atoms. The number of hydrogen-bond donors (Lipinski definition) is 2. The monoisotopic (exact) mass is 497 g/mol. The van der Waals surface area contributed by atoms with Crippen molar-refractivity contribution in [3.05, 3.63) is 47.5 Å². The van der Waals surface area contributed by atoms with Crippen molar-refractivity contribution in [2.45, 2.75) is 39.4 Å². The molecule has 154 valence electrons. The summed E-state index contributed by atoms with van der Waals surface area (Å²) in [6.45, 7) is 7.14. The number of nitrogens with zero attached hydrogens (tertiary/aromatic N) is 5. The highest BCUT2D eigenvalue weighted by atomic mass is 127. The summed E-state index contributed by atoms with van der Waals surface area (Å²) in [6, 6.07) is 8.82. The van der Waals surface area contributed by atoms with E-state index in [-0.39, 0.29) is 24.0 Å². The first kappa shape index (κ1) is 22.6. The standard InChI is InChI=1S/C20H31N7.HI/c1-16-7-9-27(10-8-16)14-18-6-4-5-17(11-18)12-22-20(21-2)23-13-19-24-15-25-26(19)3;/h4-6,11,15-16H,7-10,12-14H2,1-3H3,(H2,21,22,23);1H. The SMILES string of the molecule is CN=C(NCc1cccc(CN2CCC(C)CC2)c1)NCc1ncnn1C.I. The van der Waals surface area contributed by atoms with Crippen molar-refractivity contribution in [3.8, 4) is 0 Å². The van der Waals surface area contributed by atoms with Gasteiger partial charge < -0.3 is 10.6 Å². The summed E-state index contributed by atoms with van der Waals surface area (Å²) in [5, 5.41) is 10.7. The molecule has 0 bridgehead atoms. The first-order valence-corrected chi connectivity index (χ1v) is 9.71. The second kappa shape index (κ2) is 11.4. The molecule has 1 aromatic heterocycles. The number of likely N-dealkylation sites (tertiary alicyclic amines) is 1. The lowest BCUT2D eigenvalue weighted by Crippen LogP contribution is -2.37. The Balaban J connectivity index is 0.00000280. The predicted octanol–water partition coefficient (Wildman–Crippen LogP) is 2.53. The van der Waals surface area contributed by atoms with Crippen LogP contribution in [0.2, 0.25) is 0 Å². The molecule has 0 unspecified atom stereocenters. The number of rotatable bonds is 6. The van der Waals surface area contributed by atoms with Crippen LogP contribution in [0.3, 0.4) is 0 Å². The molecule has 0 atom stereocenters. The lowest BCUT2D eigenvalue weighted by Gasteiger charge is -2.30. The molecule has 0 radical (unpaired) electrons. The largest absolute Gasteiger partial charge is 0.352 e. The topological polar surface area (TPSA) is 70.4 Å². The van der Waals surface area contributed by atoms with E-state index in [0.717, 1.165) is 30.8 Å². The van der Waals surface area contributed by atoms with Gasteiger partial charge in [0.15, 0.2) is 5.96 Å². The van der Waals surface area contributed by atoms with Gasteiger partial charge in [-0.2, -0.15) is 5.10 Å². The summed E-state index contributed by atoms with van der Waals surface area (Å²) in [5.74, 6) is 2.50. The fourth-order valence-corrected chi connectivity index (χ4v) is 3.37.